The lowest BCUT2D eigenvalue weighted by molar-refractivity contribution is 0.199. The van der Waals surface area contributed by atoms with Crippen molar-refractivity contribution in [2.24, 2.45) is 5.92 Å². The molecule has 0 unspecified atom stereocenters. The highest BCUT2D eigenvalue weighted by Gasteiger charge is 2.14. The molecule has 94 valence electrons. The zero-order chi connectivity index (χ0) is 12.1. The van der Waals surface area contributed by atoms with Crippen LogP contribution in [0, 0.1) is 5.92 Å². The largest absolute Gasteiger partial charge is 0.382 e. The van der Waals surface area contributed by atoms with Gasteiger partial charge in [0.25, 0.3) is 0 Å². The number of nitrogens with zero attached hydrogens (tertiary/aromatic N) is 3. The van der Waals surface area contributed by atoms with Crippen LogP contribution in [0.4, 0.5) is 11.6 Å². The Hall–Kier alpha value is -1.36. The summed E-state index contributed by atoms with van der Waals surface area (Å²) in [5.41, 5.74) is 5.48. The van der Waals surface area contributed by atoms with Crippen LogP contribution in [0.5, 0.6) is 0 Å². The first-order valence-corrected chi connectivity index (χ1v) is 6.28. The summed E-state index contributed by atoms with van der Waals surface area (Å²) in [6.07, 6.45) is 5.89. The Morgan fingerprint density at radius 1 is 1.35 bits per heavy atom. The van der Waals surface area contributed by atoms with Crippen molar-refractivity contribution in [2.45, 2.75) is 19.8 Å². The second kappa shape index (κ2) is 5.82. The average molecular weight is 235 g/mol. The molecule has 17 heavy (non-hydrogen) atoms. The number of hydrogen-bond donors (Lipinski definition) is 2. The first-order chi connectivity index (χ1) is 8.24. The molecular formula is C12H21N5. The Kier molecular flexibility index (Phi) is 4.14. The maximum Gasteiger partial charge on any atom is 0.144 e. The predicted octanol–water partition coefficient (Wildman–Crippen LogP) is 1.20. The van der Waals surface area contributed by atoms with E-state index in [0.717, 1.165) is 24.8 Å². The Labute approximate surface area is 102 Å². The Balaban J connectivity index is 1.67. The summed E-state index contributed by atoms with van der Waals surface area (Å²) in [6.45, 7) is 6.75. The smallest absolute Gasteiger partial charge is 0.144 e. The number of anilines is 2. The molecule has 1 aliphatic rings. The van der Waals surface area contributed by atoms with E-state index in [1.807, 2.05) is 0 Å². The lowest BCUT2D eigenvalue weighted by Crippen LogP contribution is -2.36. The molecule has 0 saturated carbocycles. The summed E-state index contributed by atoms with van der Waals surface area (Å²) in [4.78, 5) is 10.6. The molecule has 1 aliphatic heterocycles. The molecule has 0 spiro atoms. The summed E-state index contributed by atoms with van der Waals surface area (Å²) in [6, 6.07) is 0. The van der Waals surface area contributed by atoms with Crippen molar-refractivity contribution in [3.05, 3.63) is 12.4 Å². The first-order valence-electron chi connectivity index (χ1n) is 6.28. The van der Waals surface area contributed by atoms with Crippen molar-refractivity contribution in [1.82, 2.24) is 14.9 Å². The van der Waals surface area contributed by atoms with Crippen molar-refractivity contribution in [2.75, 3.05) is 37.2 Å². The Morgan fingerprint density at radius 2 is 2.12 bits per heavy atom. The minimum atomic E-state index is 0.459. The molecule has 1 aromatic heterocycles. The molecule has 1 saturated heterocycles. The number of nitrogens with two attached hydrogens (primary N) is 1. The molecule has 0 aromatic carbocycles. The van der Waals surface area contributed by atoms with Crippen molar-refractivity contribution in [1.29, 1.82) is 0 Å². The molecular weight excluding hydrogens is 214 g/mol. The van der Waals surface area contributed by atoms with Gasteiger partial charge >= 0.3 is 0 Å². The van der Waals surface area contributed by atoms with E-state index in [-0.39, 0.29) is 0 Å². The van der Waals surface area contributed by atoms with Crippen molar-refractivity contribution in [3.8, 4) is 0 Å². The highest BCUT2D eigenvalue weighted by Crippen LogP contribution is 2.15. The first kappa shape index (κ1) is 12.1. The minimum absolute atomic E-state index is 0.459. The molecule has 0 aliphatic carbocycles. The van der Waals surface area contributed by atoms with Gasteiger partial charge < -0.3 is 16.0 Å². The maximum atomic E-state index is 5.48. The summed E-state index contributed by atoms with van der Waals surface area (Å²) in [5.74, 6) is 2.15. The standard InChI is InChI=1S/C12H21N5/c1-10-2-5-17(6-3-10)7-4-14-12-9-15-11(13)8-16-12/h8-10H,2-7H2,1H3,(H2,13,15)(H,14,16). The maximum absolute atomic E-state index is 5.48. The monoisotopic (exact) mass is 235 g/mol. The number of hydrogen-bond acceptors (Lipinski definition) is 5. The molecule has 1 fully saturated rings. The van der Waals surface area contributed by atoms with Gasteiger partial charge in [-0.3, -0.25) is 0 Å². The SMILES string of the molecule is CC1CCN(CCNc2cnc(N)cn2)CC1. The number of aromatic nitrogens is 2. The third kappa shape index (κ3) is 3.85. The summed E-state index contributed by atoms with van der Waals surface area (Å²) in [7, 11) is 0. The highest BCUT2D eigenvalue weighted by molar-refractivity contribution is 5.35. The van der Waals surface area contributed by atoms with Gasteiger partial charge in [-0.2, -0.15) is 0 Å². The average Bonchev–Trinajstić information content (AvgIpc) is 2.34. The predicted molar refractivity (Wildman–Crippen MR) is 69.8 cm³/mol. The van der Waals surface area contributed by atoms with Gasteiger partial charge in [0.15, 0.2) is 0 Å². The topological polar surface area (TPSA) is 67.1 Å². The van der Waals surface area contributed by atoms with Crippen LogP contribution in [0.15, 0.2) is 12.4 Å². The Bertz CT molecular complexity index is 329. The van der Waals surface area contributed by atoms with E-state index in [4.69, 9.17) is 5.73 Å². The van der Waals surface area contributed by atoms with Gasteiger partial charge in [0, 0.05) is 13.1 Å². The minimum Gasteiger partial charge on any atom is -0.382 e. The molecule has 0 bridgehead atoms. The number of piperidine rings is 1. The second-order valence-corrected chi connectivity index (χ2v) is 4.78. The van der Waals surface area contributed by atoms with Crippen LogP contribution in [-0.2, 0) is 0 Å². The van der Waals surface area contributed by atoms with Crippen molar-refractivity contribution >= 4 is 11.6 Å². The van der Waals surface area contributed by atoms with Crippen LogP contribution in [-0.4, -0.2) is 41.0 Å². The molecule has 0 amide bonds. The van der Waals surface area contributed by atoms with Gasteiger partial charge in [0.05, 0.1) is 12.4 Å². The number of likely N-dealkylation sites (tertiary alicyclic amines) is 1. The van der Waals surface area contributed by atoms with Crippen molar-refractivity contribution < 1.29 is 0 Å². The van der Waals surface area contributed by atoms with E-state index < -0.39 is 0 Å². The zero-order valence-electron chi connectivity index (χ0n) is 10.4. The zero-order valence-corrected chi connectivity index (χ0v) is 10.4. The summed E-state index contributed by atoms with van der Waals surface area (Å²) < 4.78 is 0. The van der Waals surface area contributed by atoms with E-state index in [1.54, 1.807) is 12.4 Å². The van der Waals surface area contributed by atoms with E-state index in [9.17, 15) is 0 Å². The normalized spacial score (nSPS) is 18.2. The van der Waals surface area contributed by atoms with E-state index >= 15 is 0 Å². The highest BCUT2D eigenvalue weighted by atomic mass is 15.1. The van der Waals surface area contributed by atoms with Gasteiger partial charge in [-0.15, -0.1) is 0 Å². The second-order valence-electron chi connectivity index (χ2n) is 4.78. The molecule has 2 rings (SSSR count). The summed E-state index contributed by atoms with van der Waals surface area (Å²) in [5, 5.41) is 3.26. The van der Waals surface area contributed by atoms with Gasteiger partial charge in [0.1, 0.15) is 11.6 Å². The molecule has 1 aromatic rings. The van der Waals surface area contributed by atoms with Crippen LogP contribution < -0.4 is 11.1 Å². The van der Waals surface area contributed by atoms with Gasteiger partial charge in [0.2, 0.25) is 0 Å². The number of rotatable bonds is 4. The lowest BCUT2D eigenvalue weighted by atomic mass is 9.99. The van der Waals surface area contributed by atoms with E-state index in [2.05, 4.69) is 27.1 Å². The van der Waals surface area contributed by atoms with Crippen LogP contribution in [0.3, 0.4) is 0 Å². The van der Waals surface area contributed by atoms with E-state index in [1.165, 1.54) is 25.9 Å². The molecule has 3 N–H and O–H groups in total. The summed E-state index contributed by atoms with van der Waals surface area (Å²) >= 11 is 0. The third-order valence-corrected chi connectivity index (χ3v) is 3.28. The number of nitrogen functional groups attached to an aromatic ring is 1. The molecule has 0 atom stereocenters. The molecule has 5 heteroatoms. The van der Waals surface area contributed by atoms with Crippen LogP contribution in [0.25, 0.3) is 0 Å². The van der Waals surface area contributed by atoms with Gasteiger partial charge in [-0.05, 0) is 31.8 Å². The van der Waals surface area contributed by atoms with Crippen LogP contribution >= 0.6 is 0 Å². The number of nitrogens with one attached hydrogen (secondary N) is 1. The Morgan fingerprint density at radius 3 is 2.76 bits per heavy atom. The lowest BCUT2D eigenvalue weighted by Gasteiger charge is -2.30. The van der Waals surface area contributed by atoms with Gasteiger partial charge in [-0.25, -0.2) is 9.97 Å². The fourth-order valence-corrected chi connectivity index (χ4v) is 2.06. The molecule has 2 heterocycles. The van der Waals surface area contributed by atoms with Crippen LogP contribution in [0.1, 0.15) is 19.8 Å². The quantitative estimate of drug-likeness (QED) is 0.821. The third-order valence-electron chi connectivity index (χ3n) is 3.28. The fourth-order valence-electron chi connectivity index (χ4n) is 2.06. The van der Waals surface area contributed by atoms with Crippen LogP contribution in [0.2, 0.25) is 0 Å². The molecule has 0 radical (unpaired) electrons. The molecule has 5 nitrogen and oxygen atoms in total. The fraction of sp³-hybridized carbons (Fsp3) is 0.667. The van der Waals surface area contributed by atoms with Gasteiger partial charge in [-0.1, -0.05) is 6.92 Å². The van der Waals surface area contributed by atoms with E-state index in [0.29, 0.717) is 5.82 Å². The van der Waals surface area contributed by atoms with Crippen molar-refractivity contribution in [3.63, 3.8) is 0 Å².